The number of rotatable bonds is 7. The summed E-state index contributed by atoms with van der Waals surface area (Å²) < 4.78 is 26.6. The fourth-order valence-corrected chi connectivity index (χ4v) is 3.56. The van der Waals surface area contributed by atoms with Crippen LogP contribution in [0, 0.1) is 0 Å². The van der Waals surface area contributed by atoms with Crippen LogP contribution in [0.25, 0.3) is 0 Å². The van der Waals surface area contributed by atoms with Gasteiger partial charge in [0.1, 0.15) is 0 Å². The van der Waals surface area contributed by atoms with E-state index in [1.165, 1.54) is 5.56 Å². The van der Waals surface area contributed by atoms with Crippen molar-refractivity contribution in [2.24, 2.45) is 0 Å². The summed E-state index contributed by atoms with van der Waals surface area (Å²) in [5, 5.41) is 0.775. The maximum Gasteiger partial charge on any atom is 0.215 e. The fraction of sp³-hybridized carbons (Fsp3) is 0.250. The average Bonchev–Trinajstić information content (AvgIpc) is 2.48. The van der Waals surface area contributed by atoms with Crippen LogP contribution in [-0.2, 0) is 22.2 Å². The minimum atomic E-state index is -3.37. The van der Waals surface area contributed by atoms with Crippen molar-refractivity contribution >= 4 is 33.2 Å². The molecule has 2 aromatic rings. The largest absolute Gasteiger partial charge is 0.215 e. The van der Waals surface area contributed by atoms with Crippen molar-refractivity contribution in [3.8, 4) is 0 Å². The number of hydrogen-bond acceptors (Lipinski definition) is 2. The van der Waals surface area contributed by atoms with Gasteiger partial charge in [-0.1, -0.05) is 59.6 Å². The summed E-state index contributed by atoms with van der Waals surface area (Å²) in [5.41, 5.74) is 1.82. The normalized spacial score (nSPS) is 11.5. The molecule has 22 heavy (non-hydrogen) atoms. The van der Waals surface area contributed by atoms with Gasteiger partial charge in [-0.05, 0) is 36.1 Å². The second-order valence-corrected chi connectivity index (χ2v) is 7.61. The Morgan fingerprint density at radius 3 is 2.32 bits per heavy atom. The van der Waals surface area contributed by atoms with Crippen LogP contribution < -0.4 is 4.72 Å². The molecule has 3 nitrogen and oxygen atoms in total. The molecule has 0 radical (unpaired) electrons. The summed E-state index contributed by atoms with van der Waals surface area (Å²) in [7, 11) is -3.37. The van der Waals surface area contributed by atoms with Gasteiger partial charge < -0.3 is 0 Å². The van der Waals surface area contributed by atoms with E-state index in [1.54, 1.807) is 18.2 Å². The van der Waals surface area contributed by atoms with E-state index in [-0.39, 0.29) is 5.75 Å². The number of nitrogens with one attached hydrogen (secondary N) is 1. The number of hydrogen-bond donors (Lipinski definition) is 1. The lowest BCUT2D eigenvalue weighted by Gasteiger charge is -2.08. The average molecular weight is 358 g/mol. The molecule has 1 N–H and O–H groups in total. The Morgan fingerprint density at radius 2 is 1.64 bits per heavy atom. The molecule has 0 aliphatic heterocycles. The first-order valence-electron chi connectivity index (χ1n) is 6.91. The quantitative estimate of drug-likeness (QED) is 0.759. The van der Waals surface area contributed by atoms with Gasteiger partial charge >= 0.3 is 0 Å². The minimum absolute atomic E-state index is 0.102. The minimum Gasteiger partial charge on any atom is -0.215 e. The number of benzene rings is 2. The molecule has 0 saturated carbocycles. The van der Waals surface area contributed by atoms with Crippen LogP contribution in [0.1, 0.15) is 17.5 Å². The molecule has 0 fully saturated rings. The van der Waals surface area contributed by atoms with Crippen LogP contribution in [0.4, 0.5) is 0 Å². The lowest BCUT2D eigenvalue weighted by atomic mass is 10.1. The molecule has 2 rings (SSSR count). The van der Waals surface area contributed by atoms with Crippen molar-refractivity contribution in [2.45, 2.75) is 18.6 Å². The molecule has 0 aromatic heterocycles. The maximum absolute atomic E-state index is 12.0. The Hall–Kier alpha value is -1.07. The van der Waals surface area contributed by atoms with Gasteiger partial charge in [0.15, 0.2) is 0 Å². The van der Waals surface area contributed by atoms with Crippen LogP contribution in [0.3, 0.4) is 0 Å². The third-order valence-electron chi connectivity index (χ3n) is 3.15. The summed E-state index contributed by atoms with van der Waals surface area (Å²) in [4.78, 5) is 0. The van der Waals surface area contributed by atoms with Crippen LogP contribution in [0.2, 0.25) is 10.0 Å². The number of sulfonamides is 1. The standard InChI is InChI=1S/C16H17Cl2NO2S/c17-15-9-8-14(11-16(15)18)12-22(20,21)19-10-4-7-13-5-2-1-3-6-13/h1-3,5-6,8-9,11,19H,4,7,10,12H2. The number of halogens is 2. The fourth-order valence-electron chi connectivity index (χ4n) is 2.06. The molecule has 0 unspecified atom stereocenters. The van der Waals surface area contributed by atoms with Gasteiger partial charge in [-0.3, -0.25) is 0 Å². The molecule has 0 heterocycles. The third-order valence-corrected chi connectivity index (χ3v) is 5.24. The van der Waals surface area contributed by atoms with E-state index in [2.05, 4.69) is 4.72 Å². The van der Waals surface area contributed by atoms with Gasteiger partial charge in [-0.2, -0.15) is 0 Å². The monoisotopic (exact) mass is 357 g/mol. The van der Waals surface area contributed by atoms with E-state index in [0.29, 0.717) is 22.2 Å². The summed E-state index contributed by atoms with van der Waals surface area (Å²) in [5.74, 6) is -0.102. The third kappa shape index (κ3) is 5.61. The summed E-state index contributed by atoms with van der Waals surface area (Å²) in [6.45, 7) is 0.415. The van der Waals surface area contributed by atoms with Crippen LogP contribution in [-0.4, -0.2) is 15.0 Å². The van der Waals surface area contributed by atoms with E-state index in [0.717, 1.165) is 12.8 Å². The molecule has 0 aliphatic carbocycles. The Bertz CT molecular complexity index is 718. The highest BCUT2D eigenvalue weighted by Crippen LogP contribution is 2.23. The molecular weight excluding hydrogens is 341 g/mol. The van der Waals surface area contributed by atoms with E-state index in [9.17, 15) is 8.42 Å². The van der Waals surface area contributed by atoms with Crippen molar-refractivity contribution in [1.82, 2.24) is 4.72 Å². The van der Waals surface area contributed by atoms with Crippen molar-refractivity contribution in [1.29, 1.82) is 0 Å². The van der Waals surface area contributed by atoms with Crippen LogP contribution >= 0.6 is 23.2 Å². The van der Waals surface area contributed by atoms with Crippen molar-refractivity contribution in [2.75, 3.05) is 6.54 Å². The molecule has 118 valence electrons. The van der Waals surface area contributed by atoms with Crippen molar-refractivity contribution in [3.63, 3.8) is 0 Å². The first kappa shape index (κ1) is 17.3. The Kier molecular flexibility index (Phi) is 6.26. The van der Waals surface area contributed by atoms with E-state index >= 15 is 0 Å². The summed E-state index contributed by atoms with van der Waals surface area (Å²) in [6.07, 6.45) is 1.60. The lowest BCUT2D eigenvalue weighted by molar-refractivity contribution is 0.578. The molecule has 0 atom stereocenters. The Labute approximate surface area is 141 Å². The van der Waals surface area contributed by atoms with Crippen LogP contribution in [0.5, 0.6) is 0 Å². The molecule has 0 amide bonds. The molecule has 0 bridgehead atoms. The maximum atomic E-state index is 12.0. The zero-order chi connectivity index (χ0) is 16.0. The van der Waals surface area contributed by atoms with Gasteiger partial charge in [0.05, 0.1) is 15.8 Å². The molecule has 0 spiro atoms. The predicted octanol–water partition coefficient (Wildman–Crippen LogP) is 4.05. The van der Waals surface area contributed by atoms with E-state index in [1.807, 2.05) is 30.3 Å². The first-order valence-corrected chi connectivity index (χ1v) is 9.32. The van der Waals surface area contributed by atoms with Gasteiger partial charge in [0, 0.05) is 6.54 Å². The van der Waals surface area contributed by atoms with E-state index in [4.69, 9.17) is 23.2 Å². The molecule has 0 saturated heterocycles. The predicted molar refractivity (Wildman–Crippen MR) is 91.9 cm³/mol. The first-order chi connectivity index (χ1) is 10.5. The zero-order valence-electron chi connectivity index (χ0n) is 11.9. The second kappa shape index (κ2) is 7.97. The highest BCUT2D eigenvalue weighted by molar-refractivity contribution is 7.88. The van der Waals surface area contributed by atoms with Crippen molar-refractivity contribution < 1.29 is 8.42 Å². The second-order valence-electron chi connectivity index (χ2n) is 4.99. The highest BCUT2D eigenvalue weighted by atomic mass is 35.5. The SMILES string of the molecule is O=S(=O)(Cc1ccc(Cl)c(Cl)c1)NCCCc1ccccc1. The molecule has 6 heteroatoms. The molecule has 0 aliphatic rings. The van der Waals surface area contributed by atoms with E-state index < -0.39 is 10.0 Å². The molecule has 2 aromatic carbocycles. The number of aryl methyl sites for hydroxylation is 1. The topological polar surface area (TPSA) is 46.2 Å². The van der Waals surface area contributed by atoms with Gasteiger partial charge in [-0.25, -0.2) is 13.1 Å². The van der Waals surface area contributed by atoms with Crippen LogP contribution in [0.15, 0.2) is 48.5 Å². The lowest BCUT2D eigenvalue weighted by Crippen LogP contribution is -2.26. The Morgan fingerprint density at radius 1 is 0.909 bits per heavy atom. The Balaban J connectivity index is 1.82. The highest BCUT2D eigenvalue weighted by Gasteiger charge is 2.12. The van der Waals surface area contributed by atoms with Gasteiger partial charge in [-0.15, -0.1) is 0 Å². The summed E-state index contributed by atoms with van der Waals surface area (Å²) in [6, 6.07) is 14.8. The van der Waals surface area contributed by atoms with Crippen molar-refractivity contribution in [3.05, 3.63) is 69.7 Å². The summed E-state index contributed by atoms with van der Waals surface area (Å²) >= 11 is 11.7. The molecular formula is C16H17Cl2NO2S. The zero-order valence-corrected chi connectivity index (χ0v) is 14.3. The smallest absolute Gasteiger partial charge is 0.215 e. The van der Waals surface area contributed by atoms with Gasteiger partial charge in [0.2, 0.25) is 10.0 Å². The van der Waals surface area contributed by atoms with Gasteiger partial charge in [0.25, 0.3) is 0 Å².